The molecule has 1 aliphatic carbocycles. The van der Waals surface area contributed by atoms with Crippen molar-refractivity contribution in [2.75, 3.05) is 18.5 Å². The van der Waals surface area contributed by atoms with Gasteiger partial charge in [-0.2, -0.15) is 22.5 Å². The zero-order chi connectivity index (χ0) is 17.6. The van der Waals surface area contributed by atoms with E-state index < -0.39 is 35.3 Å². The topological polar surface area (TPSA) is 43.4 Å². The second kappa shape index (κ2) is 6.09. The monoisotopic (exact) mass is 354 g/mol. The van der Waals surface area contributed by atoms with Crippen LogP contribution in [0.15, 0.2) is 18.2 Å². The summed E-state index contributed by atoms with van der Waals surface area (Å²) in [6, 6.07) is 4.66. The second-order valence-corrected chi connectivity index (χ2v) is 6.06. The van der Waals surface area contributed by atoms with E-state index in [-0.39, 0.29) is 5.92 Å². The van der Waals surface area contributed by atoms with Gasteiger partial charge in [0, 0.05) is 0 Å². The molecule has 4 nitrogen and oxygen atoms in total. The van der Waals surface area contributed by atoms with Gasteiger partial charge < -0.3 is 14.8 Å². The zero-order valence-corrected chi connectivity index (χ0v) is 13.0. The second-order valence-electron chi connectivity index (χ2n) is 6.06. The first-order valence-corrected chi connectivity index (χ1v) is 7.90. The molecule has 1 saturated carbocycles. The highest BCUT2D eigenvalue weighted by Crippen LogP contribution is 2.45. The number of hydrogen-bond donors (Lipinski definition) is 1. The maximum atomic E-state index is 13.9. The molecule has 0 saturated heterocycles. The maximum absolute atomic E-state index is 13.9. The van der Waals surface area contributed by atoms with Gasteiger partial charge in [-0.25, -0.2) is 0 Å². The fraction of sp³-hybridized carbons (Fsp3) is 0.353. The number of hydrogen-bond acceptors (Lipinski definition) is 4. The quantitative estimate of drug-likeness (QED) is 0.666. The summed E-state index contributed by atoms with van der Waals surface area (Å²) in [4.78, 5) is 2.57. The molecule has 1 N–H and O–H groups in total. The average Bonchev–Trinajstić information content (AvgIpc) is 3.45. The van der Waals surface area contributed by atoms with Gasteiger partial charge in [-0.1, -0.05) is 6.07 Å². The number of fused-ring (bicyclic) bond motifs is 1. The average molecular weight is 354 g/mol. The van der Waals surface area contributed by atoms with Crippen LogP contribution in [0.3, 0.4) is 0 Å². The van der Waals surface area contributed by atoms with Crippen molar-refractivity contribution in [3.63, 3.8) is 0 Å². The molecule has 1 aromatic carbocycles. The molecule has 132 valence electrons. The van der Waals surface area contributed by atoms with E-state index in [4.69, 9.17) is 9.47 Å². The van der Waals surface area contributed by atoms with E-state index in [1.165, 1.54) is 0 Å². The normalized spacial score (nSPS) is 17.3. The molecule has 8 heteroatoms. The molecule has 1 unspecified atom stereocenters. The van der Waals surface area contributed by atoms with Crippen LogP contribution in [0.1, 0.15) is 24.4 Å². The van der Waals surface area contributed by atoms with E-state index >= 15 is 0 Å². The largest absolute Gasteiger partial charge is 0.486 e. The van der Waals surface area contributed by atoms with Crippen LogP contribution in [-0.4, -0.2) is 18.2 Å². The molecule has 0 amide bonds. The minimum Gasteiger partial charge on any atom is -0.486 e. The Morgan fingerprint density at radius 1 is 0.960 bits per heavy atom. The number of nitrogens with one attached hydrogen (secondary N) is 1. The van der Waals surface area contributed by atoms with Crippen molar-refractivity contribution in [1.29, 1.82) is 0 Å². The summed E-state index contributed by atoms with van der Waals surface area (Å²) in [5.74, 6) is -5.23. The number of halogens is 4. The summed E-state index contributed by atoms with van der Waals surface area (Å²) >= 11 is 0. The number of anilines is 1. The number of aromatic nitrogens is 1. The van der Waals surface area contributed by atoms with Crippen LogP contribution in [-0.2, 0) is 0 Å². The molecule has 4 rings (SSSR count). The lowest BCUT2D eigenvalue weighted by atomic mass is 10.0. The van der Waals surface area contributed by atoms with Gasteiger partial charge in [0.15, 0.2) is 11.5 Å². The van der Waals surface area contributed by atoms with Gasteiger partial charge in [0.1, 0.15) is 18.9 Å². The lowest BCUT2D eigenvalue weighted by Crippen LogP contribution is -2.19. The molecule has 1 aromatic heterocycles. The van der Waals surface area contributed by atoms with Gasteiger partial charge >= 0.3 is 0 Å². The van der Waals surface area contributed by atoms with Crippen LogP contribution in [0, 0.1) is 29.4 Å². The molecule has 0 spiro atoms. The van der Waals surface area contributed by atoms with Crippen molar-refractivity contribution >= 4 is 5.69 Å². The third-order valence-electron chi connectivity index (χ3n) is 4.32. The Morgan fingerprint density at radius 2 is 1.60 bits per heavy atom. The molecular formula is C17H14F4N2O2. The summed E-state index contributed by atoms with van der Waals surface area (Å²) in [7, 11) is 0. The van der Waals surface area contributed by atoms with Crippen LogP contribution in [0.25, 0.3) is 0 Å². The third-order valence-corrected chi connectivity index (χ3v) is 4.32. The molecular weight excluding hydrogens is 340 g/mol. The van der Waals surface area contributed by atoms with Crippen LogP contribution in [0.2, 0.25) is 0 Å². The number of rotatable bonds is 4. The van der Waals surface area contributed by atoms with Crippen molar-refractivity contribution < 1.29 is 27.0 Å². The van der Waals surface area contributed by atoms with E-state index in [1.54, 1.807) is 18.2 Å². The fourth-order valence-corrected chi connectivity index (χ4v) is 2.93. The maximum Gasteiger partial charge on any atom is 0.253 e. The molecule has 0 bridgehead atoms. The number of benzene rings is 1. The fourth-order valence-electron chi connectivity index (χ4n) is 2.93. The molecule has 1 atom stereocenters. The van der Waals surface area contributed by atoms with Crippen molar-refractivity contribution in [2.24, 2.45) is 5.92 Å². The predicted octanol–water partition coefficient (Wildman–Crippen LogP) is 3.97. The Balaban J connectivity index is 1.70. The van der Waals surface area contributed by atoms with Crippen LogP contribution in [0.4, 0.5) is 23.2 Å². The molecule has 2 heterocycles. The summed E-state index contributed by atoms with van der Waals surface area (Å²) in [5.41, 5.74) is -0.153. The van der Waals surface area contributed by atoms with Crippen molar-refractivity contribution in [3.8, 4) is 11.5 Å². The standard InChI is InChI=1S/C17H14F4N2O2/c18-12-15(13(19)17(21)23-16(12)20)22-14(8-1-2-8)9-3-4-10-11(7-9)25-6-5-24-10/h3-4,7-8,14H,1-2,5-6H2,(H,22,23). The van der Waals surface area contributed by atoms with E-state index in [9.17, 15) is 17.6 Å². The number of pyridine rings is 1. The predicted molar refractivity (Wildman–Crippen MR) is 80.6 cm³/mol. The van der Waals surface area contributed by atoms with Crippen molar-refractivity contribution in [1.82, 2.24) is 4.98 Å². The molecule has 2 aromatic rings. The smallest absolute Gasteiger partial charge is 0.253 e. The van der Waals surface area contributed by atoms with Crippen LogP contribution >= 0.6 is 0 Å². The van der Waals surface area contributed by atoms with E-state index in [0.717, 1.165) is 12.8 Å². The van der Waals surface area contributed by atoms with E-state index in [0.29, 0.717) is 30.3 Å². The first-order valence-electron chi connectivity index (χ1n) is 7.90. The zero-order valence-electron chi connectivity index (χ0n) is 13.0. The molecule has 1 aliphatic heterocycles. The Bertz CT molecular complexity index is 801. The van der Waals surface area contributed by atoms with Gasteiger partial charge in [-0.15, -0.1) is 0 Å². The lowest BCUT2D eigenvalue weighted by Gasteiger charge is -2.24. The van der Waals surface area contributed by atoms with Crippen molar-refractivity contribution in [3.05, 3.63) is 47.3 Å². The Hall–Kier alpha value is -2.51. The van der Waals surface area contributed by atoms with Crippen molar-refractivity contribution in [2.45, 2.75) is 18.9 Å². The molecule has 2 aliphatic rings. The van der Waals surface area contributed by atoms with Gasteiger partial charge in [0.2, 0.25) is 11.6 Å². The summed E-state index contributed by atoms with van der Waals surface area (Å²) in [5, 5.41) is 2.62. The Kier molecular flexibility index (Phi) is 3.89. The Morgan fingerprint density at radius 3 is 2.24 bits per heavy atom. The lowest BCUT2D eigenvalue weighted by molar-refractivity contribution is 0.171. The Labute approximate surface area is 140 Å². The first kappa shape index (κ1) is 16.0. The first-order chi connectivity index (χ1) is 12.0. The summed E-state index contributed by atoms with van der Waals surface area (Å²) in [6.07, 6.45) is 1.68. The molecule has 0 radical (unpaired) electrons. The molecule has 25 heavy (non-hydrogen) atoms. The summed E-state index contributed by atoms with van der Waals surface area (Å²) in [6.45, 7) is 0.852. The number of ether oxygens (including phenoxy) is 2. The minimum atomic E-state index is -1.68. The third kappa shape index (κ3) is 2.96. The minimum absolute atomic E-state index is 0.0978. The van der Waals surface area contributed by atoms with E-state index in [2.05, 4.69) is 10.3 Å². The van der Waals surface area contributed by atoms with Gasteiger partial charge in [0.25, 0.3) is 11.9 Å². The number of nitrogens with zero attached hydrogens (tertiary/aromatic N) is 1. The van der Waals surface area contributed by atoms with Crippen LogP contribution < -0.4 is 14.8 Å². The highest BCUT2D eigenvalue weighted by Gasteiger charge is 2.35. The highest BCUT2D eigenvalue weighted by atomic mass is 19.2. The van der Waals surface area contributed by atoms with Gasteiger partial charge in [-0.3, -0.25) is 0 Å². The van der Waals surface area contributed by atoms with Gasteiger partial charge in [-0.05, 0) is 36.5 Å². The SMILES string of the molecule is Fc1nc(F)c(F)c(NC(c2ccc3c(c2)OCCO3)C2CC2)c1F. The van der Waals surface area contributed by atoms with Crippen LogP contribution in [0.5, 0.6) is 11.5 Å². The summed E-state index contributed by atoms with van der Waals surface area (Å²) < 4.78 is 65.5. The van der Waals surface area contributed by atoms with Gasteiger partial charge in [0.05, 0.1) is 6.04 Å². The van der Waals surface area contributed by atoms with E-state index in [1.807, 2.05) is 0 Å². The molecule has 1 fully saturated rings. The highest BCUT2D eigenvalue weighted by molar-refractivity contribution is 5.51.